The Hall–Kier alpha value is -6.93. The summed E-state index contributed by atoms with van der Waals surface area (Å²) >= 11 is 1.84. The van der Waals surface area contributed by atoms with Crippen LogP contribution >= 0.6 is 11.3 Å². The first-order valence-corrected chi connectivity index (χ1v) is 18.4. The van der Waals surface area contributed by atoms with Crippen LogP contribution in [0.2, 0.25) is 0 Å². The first kappa shape index (κ1) is 30.9. The number of aromatic nitrogens is 2. The minimum absolute atomic E-state index is 0.648. The summed E-state index contributed by atoms with van der Waals surface area (Å²) in [7, 11) is 0. The van der Waals surface area contributed by atoms with Crippen molar-refractivity contribution >= 4 is 53.1 Å². The molecule has 0 N–H and O–H groups in total. The molecule has 3 nitrogen and oxygen atoms in total. The molecule has 0 aliphatic rings. The highest BCUT2D eigenvalue weighted by Crippen LogP contribution is 2.41. The number of hydrogen-bond acceptors (Lipinski definition) is 4. The van der Waals surface area contributed by atoms with Gasteiger partial charge in [0.05, 0.1) is 23.0 Å². The summed E-state index contributed by atoms with van der Waals surface area (Å²) in [6.45, 7) is 0. The third-order valence-electron chi connectivity index (χ3n) is 10.2. The molecule has 10 rings (SSSR count). The van der Waals surface area contributed by atoms with Crippen molar-refractivity contribution in [2.45, 2.75) is 0 Å². The highest BCUT2D eigenvalue weighted by molar-refractivity contribution is 7.25. The summed E-state index contributed by atoms with van der Waals surface area (Å²) in [5.74, 6) is 0.682. The van der Waals surface area contributed by atoms with Crippen LogP contribution in [-0.2, 0) is 0 Å². The molecule has 8 aromatic carbocycles. The minimum atomic E-state index is 0.648. The monoisotopic (exact) mass is 691 g/mol. The molecule has 0 saturated carbocycles. The van der Waals surface area contributed by atoms with Gasteiger partial charge in [-0.05, 0) is 80.2 Å². The van der Waals surface area contributed by atoms with Crippen LogP contribution in [0.15, 0.2) is 176 Å². The molecule has 0 aliphatic heterocycles. The van der Waals surface area contributed by atoms with E-state index in [1.807, 2.05) is 53.8 Å². The van der Waals surface area contributed by atoms with Crippen molar-refractivity contribution in [1.29, 1.82) is 5.26 Å². The van der Waals surface area contributed by atoms with Crippen molar-refractivity contribution in [2.24, 2.45) is 0 Å². The maximum atomic E-state index is 9.36. The van der Waals surface area contributed by atoms with E-state index < -0.39 is 0 Å². The van der Waals surface area contributed by atoms with Crippen LogP contribution in [0.4, 0.5) is 0 Å². The van der Waals surface area contributed by atoms with Crippen LogP contribution in [0.3, 0.4) is 0 Å². The van der Waals surface area contributed by atoms with Gasteiger partial charge in [-0.15, -0.1) is 11.3 Å². The van der Waals surface area contributed by atoms with E-state index in [1.54, 1.807) is 0 Å². The molecular weight excluding hydrogens is 663 g/mol. The number of fused-ring (bicyclic) bond motifs is 5. The highest BCUT2D eigenvalue weighted by Gasteiger charge is 2.17. The molecule has 0 amide bonds. The second-order valence-corrected chi connectivity index (χ2v) is 14.3. The van der Waals surface area contributed by atoms with E-state index in [1.165, 1.54) is 36.7 Å². The second-order valence-electron chi connectivity index (χ2n) is 13.2. The van der Waals surface area contributed by atoms with Gasteiger partial charge in [0.15, 0.2) is 5.82 Å². The zero-order valence-corrected chi connectivity index (χ0v) is 29.3. The molecule has 0 fully saturated rings. The predicted molar refractivity (Wildman–Crippen MR) is 222 cm³/mol. The lowest BCUT2D eigenvalue weighted by molar-refractivity contribution is 1.19. The zero-order chi connectivity index (χ0) is 35.3. The van der Waals surface area contributed by atoms with Gasteiger partial charge in [0, 0.05) is 36.9 Å². The molecule has 246 valence electrons. The van der Waals surface area contributed by atoms with Gasteiger partial charge in [-0.25, -0.2) is 9.97 Å². The lowest BCUT2D eigenvalue weighted by Crippen LogP contribution is -1.97. The Kier molecular flexibility index (Phi) is 7.39. The number of rotatable bonds is 5. The summed E-state index contributed by atoms with van der Waals surface area (Å²) in [6.07, 6.45) is 0. The molecule has 2 heterocycles. The fourth-order valence-corrected chi connectivity index (χ4v) is 8.69. The van der Waals surface area contributed by atoms with Gasteiger partial charge < -0.3 is 0 Å². The minimum Gasteiger partial charge on any atom is -0.228 e. The fourth-order valence-electron chi connectivity index (χ4n) is 7.61. The summed E-state index contributed by atoms with van der Waals surface area (Å²) in [6, 6.07) is 63.9. The molecule has 0 atom stereocenters. The Morgan fingerprint density at radius 1 is 0.377 bits per heavy atom. The molecule has 0 radical (unpaired) electrons. The van der Waals surface area contributed by atoms with Gasteiger partial charge in [-0.3, -0.25) is 0 Å². The van der Waals surface area contributed by atoms with Gasteiger partial charge in [-0.2, -0.15) is 5.26 Å². The maximum Gasteiger partial charge on any atom is 0.160 e. The number of hydrogen-bond donors (Lipinski definition) is 0. The van der Waals surface area contributed by atoms with Crippen molar-refractivity contribution in [3.63, 3.8) is 0 Å². The van der Waals surface area contributed by atoms with Gasteiger partial charge >= 0.3 is 0 Å². The fraction of sp³-hybridized carbons (Fsp3) is 0. The number of thiophene rings is 1. The van der Waals surface area contributed by atoms with E-state index in [-0.39, 0.29) is 0 Å². The van der Waals surface area contributed by atoms with E-state index in [9.17, 15) is 5.26 Å². The topological polar surface area (TPSA) is 49.6 Å². The van der Waals surface area contributed by atoms with Crippen LogP contribution in [0, 0.1) is 11.3 Å². The SMILES string of the molecule is N#Cc1ccc(-c2ccc(-c3cc(-c4ccc(-c5ccc6sc7ccccc7c6c5)c5ccccc45)nc(-c4ccccc4)n3)c3ccccc23)cc1. The number of nitriles is 1. The normalized spacial score (nSPS) is 11.4. The van der Waals surface area contributed by atoms with Crippen molar-refractivity contribution < 1.29 is 0 Å². The highest BCUT2D eigenvalue weighted by atomic mass is 32.1. The molecule has 10 aromatic rings. The third-order valence-corrected chi connectivity index (χ3v) is 11.3. The Morgan fingerprint density at radius 2 is 0.868 bits per heavy atom. The van der Waals surface area contributed by atoms with Gasteiger partial charge in [0.2, 0.25) is 0 Å². The molecule has 0 aliphatic carbocycles. The van der Waals surface area contributed by atoms with Gasteiger partial charge in [0.25, 0.3) is 0 Å². The largest absolute Gasteiger partial charge is 0.228 e. The maximum absolute atomic E-state index is 9.36. The van der Waals surface area contributed by atoms with E-state index in [4.69, 9.17) is 9.97 Å². The van der Waals surface area contributed by atoms with E-state index >= 15 is 0 Å². The molecule has 0 unspecified atom stereocenters. The van der Waals surface area contributed by atoms with Crippen molar-refractivity contribution in [2.75, 3.05) is 0 Å². The first-order valence-electron chi connectivity index (χ1n) is 17.6. The van der Waals surface area contributed by atoms with E-state index in [0.29, 0.717) is 11.4 Å². The number of benzene rings is 8. The van der Waals surface area contributed by atoms with Crippen molar-refractivity contribution in [1.82, 2.24) is 9.97 Å². The molecular formula is C49H29N3S. The standard InChI is InChI=1S/C49H29N3S/c50-30-31-18-20-32(21-19-31)35-23-25-41(39-14-6-4-12-37(35)39)45-29-46(52-49(51-45)33-10-2-1-3-11-33)42-26-24-36(38-13-5-7-15-40(38)42)34-22-27-48-44(28-34)43-16-8-9-17-47(43)53-48/h1-29H. The lowest BCUT2D eigenvalue weighted by Gasteiger charge is -2.15. The van der Waals surface area contributed by atoms with Crippen LogP contribution < -0.4 is 0 Å². The van der Waals surface area contributed by atoms with Crippen molar-refractivity contribution in [3.05, 3.63) is 181 Å². The Labute approximate surface area is 310 Å². The molecule has 2 aromatic heterocycles. The molecule has 0 spiro atoms. The molecule has 0 saturated heterocycles. The zero-order valence-electron chi connectivity index (χ0n) is 28.5. The Balaban J connectivity index is 1.16. The van der Waals surface area contributed by atoms with E-state index in [0.717, 1.165) is 55.4 Å². The smallest absolute Gasteiger partial charge is 0.160 e. The predicted octanol–water partition coefficient (Wildman–Crippen LogP) is 13.4. The van der Waals surface area contributed by atoms with Crippen LogP contribution in [0.1, 0.15) is 5.56 Å². The van der Waals surface area contributed by atoms with Crippen molar-refractivity contribution in [3.8, 4) is 62.2 Å². The van der Waals surface area contributed by atoms with Crippen LogP contribution in [0.5, 0.6) is 0 Å². The van der Waals surface area contributed by atoms with Crippen LogP contribution in [-0.4, -0.2) is 9.97 Å². The Bertz CT molecular complexity index is 3060. The van der Waals surface area contributed by atoms with E-state index in [2.05, 4.69) is 140 Å². The molecule has 0 bridgehead atoms. The summed E-state index contributed by atoms with van der Waals surface area (Å²) in [5, 5.41) is 16.5. The average molecular weight is 692 g/mol. The lowest BCUT2D eigenvalue weighted by atomic mass is 9.91. The second kappa shape index (κ2) is 12.7. The quantitative estimate of drug-likeness (QED) is 0.180. The van der Waals surface area contributed by atoms with Crippen LogP contribution in [0.25, 0.3) is 97.9 Å². The summed E-state index contributed by atoms with van der Waals surface area (Å²) < 4.78 is 2.61. The molecule has 53 heavy (non-hydrogen) atoms. The van der Waals surface area contributed by atoms with Gasteiger partial charge in [0.1, 0.15) is 0 Å². The number of nitrogens with zero attached hydrogens (tertiary/aromatic N) is 3. The summed E-state index contributed by atoms with van der Waals surface area (Å²) in [4.78, 5) is 10.5. The average Bonchev–Trinajstić information content (AvgIpc) is 3.61. The molecule has 4 heteroatoms. The summed E-state index contributed by atoms with van der Waals surface area (Å²) in [5.41, 5.74) is 10.0. The third kappa shape index (κ3) is 5.34. The first-order chi connectivity index (χ1) is 26.2. The Morgan fingerprint density at radius 3 is 1.49 bits per heavy atom. The van der Waals surface area contributed by atoms with Gasteiger partial charge in [-0.1, -0.05) is 140 Å².